The Hall–Kier alpha value is -6.16. The molecule has 4 aromatic carbocycles. The molecular weight excluding hydrogens is 588 g/mol. The van der Waals surface area contributed by atoms with E-state index in [9.17, 15) is 28.8 Å². The number of hydrogen-bond acceptors (Lipinski definition) is 8. The van der Waals surface area contributed by atoms with Gasteiger partial charge in [-0.2, -0.15) is 0 Å². The molecule has 4 amide bonds. The van der Waals surface area contributed by atoms with Crippen molar-refractivity contribution in [1.82, 2.24) is 10.1 Å². The third-order valence-corrected chi connectivity index (χ3v) is 7.55. The van der Waals surface area contributed by atoms with Crippen molar-refractivity contribution >= 4 is 46.7 Å². The average molecular weight is 615 g/mol. The van der Waals surface area contributed by atoms with E-state index in [1.165, 1.54) is 0 Å². The molecule has 0 N–H and O–H groups in total. The topological polar surface area (TPSA) is 127 Å². The molecular formula is C36H26N2O8. The Morgan fingerprint density at radius 3 is 0.957 bits per heavy atom. The molecule has 2 aliphatic rings. The molecule has 2 aliphatic heterocycles. The maximum atomic E-state index is 12.8. The highest BCUT2D eigenvalue weighted by molar-refractivity contribution is 6.06. The maximum Gasteiger partial charge on any atom is 0.363 e. The minimum Gasteiger partial charge on any atom is -0.325 e. The summed E-state index contributed by atoms with van der Waals surface area (Å²) in [5, 5.41) is 1.03. The molecule has 0 unspecified atom stereocenters. The number of hydroxylamine groups is 4. The van der Waals surface area contributed by atoms with Gasteiger partial charge in [0.1, 0.15) is 0 Å². The summed E-state index contributed by atoms with van der Waals surface area (Å²) in [6, 6.07) is 32.6. The SMILES string of the molecule is O=C(ON1C(=O)CCC1=O)c1ccc(/C(=C(\c2ccccc2)c2ccc(C(=O)ON3C(=O)CCC3=O)cc2)c2ccccc2)cc1. The van der Waals surface area contributed by atoms with E-state index in [-0.39, 0.29) is 36.8 Å². The van der Waals surface area contributed by atoms with Crippen LogP contribution in [0.3, 0.4) is 0 Å². The second kappa shape index (κ2) is 12.8. The van der Waals surface area contributed by atoms with Crippen LogP contribution in [0.15, 0.2) is 109 Å². The second-order valence-corrected chi connectivity index (χ2v) is 10.6. The molecule has 228 valence electrons. The van der Waals surface area contributed by atoms with Crippen LogP contribution in [-0.4, -0.2) is 45.7 Å². The van der Waals surface area contributed by atoms with Crippen LogP contribution in [-0.2, 0) is 28.9 Å². The van der Waals surface area contributed by atoms with Crippen LogP contribution in [0, 0.1) is 0 Å². The number of imide groups is 2. The highest BCUT2D eigenvalue weighted by Crippen LogP contribution is 2.37. The molecule has 2 fully saturated rings. The summed E-state index contributed by atoms with van der Waals surface area (Å²) in [5.41, 5.74) is 5.21. The predicted molar refractivity (Wildman–Crippen MR) is 164 cm³/mol. The van der Waals surface area contributed by atoms with Gasteiger partial charge in [-0.1, -0.05) is 84.9 Å². The first-order valence-corrected chi connectivity index (χ1v) is 14.5. The molecule has 10 nitrogen and oxygen atoms in total. The molecule has 0 radical (unpaired) electrons. The van der Waals surface area contributed by atoms with Gasteiger partial charge in [0.25, 0.3) is 23.6 Å². The smallest absolute Gasteiger partial charge is 0.325 e. The van der Waals surface area contributed by atoms with E-state index in [4.69, 9.17) is 9.68 Å². The lowest BCUT2D eigenvalue weighted by Crippen LogP contribution is -2.32. The number of carbonyl (C=O) groups excluding carboxylic acids is 6. The van der Waals surface area contributed by atoms with Gasteiger partial charge in [0, 0.05) is 25.7 Å². The quantitative estimate of drug-likeness (QED) is 0.197. The molecule has 46 heavy (non-hydrogen) atoms. The zero-order valence-corrected chi connectivity index (χ0v) is 24.4. The molecule has 2 heterocycles. The molecule has 0 saturated carbocycles. The van der Waals surface area contributed by atoms with Gasteiger partial charge in [0.2, 0.25) is 0 Å². The first-order chi connectivity index (χ1) is 22.3. The Balaban J connectivity index is 1.39. The second-order valence-electron chi connectivity index (χ2n) is 10.6. The van der Waals surface area contributed by atoms with E-state index in [0.717, 1.165) is 33.4 Å². The van der Waals surface area contributed by atoms with Crippen molar-refractivity contribution in [3.63, 3.8) is 0 Å². The van der Waals surface area contributed by atoms with Crippen LogP contribution in [0.1, 0.15) is 68.7 Å². The predicted octanol–water partition coefficient (Wildman–Crippen LogP) is 5.14. The summed E-state index contributed by atoms with van der Waals surface area (Å²) in [6.07, 6.45) is -0.00594. The molecule has 0 spiro atoms. The van der Waals surface area contributed by atoms with Crippen LogP contribution in [0.2, 0.25) is 0 Å². The van der Waals surface area contributed by atoms with Gasteiger partial charge in [0.05, 0.1) is 11.1 Å². The highest BCUT2D eigenvalue weighted by Gasteiger charge is 2.34. The van der Waals surface area contributed by atoms with E-state index >= 15 is 0 Å². The lowest BCUT2D eigenvalue weighted by atomic mass is 9.85. The molecule has 2 saturated heterocycles. The van der Waals surface area contributed by atoms with Crippen LogP contribution >= 0.6 is 0 Å². The van der Waals surface area contributed by atoms with E-state index < -0.39 is 35.6 Å². The van der Waals surface area contributed by atoms with Crippen LogP contribution < -0.4 is 0 Å². The standard InChI is InChI=1S/C36H26N2O8/c39-29-19-20-30(40)37(29)45-35(43)27-15-11-25(12-16-27)33(23-7-3-1-4-8-23)34(24-9-5-2-6-10-24)26-13-17-28(18-14-26)36(44)46-38-31(41)21-22-32(38)42/h1-18H,19-22H2/b34-33+. The minimum atomic E-state index is -0.830. The number of hydrogen-bond donors (Lipinski definition) is 0. The van der Waals surface area contributed by atoms with Gasteiger partial charge in [-0.15, -0.1) is 10.1 Å². The minimum absolute atomic E-state index is 0.00149. The third-order valence-electron chi connectivity index (χ3n) is 7.55. The molecule has 6 rings (SSSR count). The molecule has 0 bridgehead atoms. The van der Waals surface area contributed by atoms with Gasteiger partial charge in [-0.3, -0.25) is 19.2 Å². The van der Waals surface area contributed by atoms with Gasteiger partial charge in [-0.05, 0) is 57.7 Å². The van der Waals surface area contributed by atoms with Gasteiger partial charge in [0.15, 0.2) is 0 Å². The largest absolute Gasteiger partial charge is 0.363 e. The van der Waals surface area contributed by atoms with Crippen molar-refractivity contribution in [2.45, 2.75) is 25.7 Å². The molecule has 10 heteroatoms. The summed E-state index contributed by atoms with van der Waals surface area (Å²) in [5.74, 6) is -3.90. The van der Waals surface area contributed by atoms with Crippen molar-refractivity contribution in [2.75, 3.05) is 0 Å². The number of benzene rings is 4. The number of rotatable bonds is 8. The third kappa shape index (κ3) is 6.09. The van der Waals surface area contributed by atoms with E-state index in [0.29, 0.717) is 10.1 Å². The highest BCUT2D eigenvalue weighted by atomic mass is 16.7. The van der Waals surface area contributed by atoms with Crippen molar-refractivity contribution in [3.05, 3.63) is 143 Å². The molecule has 0 atom stereocenters. The number of amides is 4. The number of carbonyl (C=O) groups is 6. The van der Waals surface area contributed by atoms with Crippen molar-refractivity contribution in [3.8, 4) is 0 Å². The zero-order valence-electron chi connectivity index (χ0n) is 24.4. The average Bonchev–Trinajstić information content (AvgIpc) is 3.58. The summed E-state index contributed by atoms with van der Waals surface area (Å²) in [4.78, 5) is 83.5. The first-order valence-electron chi connectivity index (χ1n) is 14.5. The van der Waals surface area contributed by atoms with Crippen LogP contribution in [0.4, 0.5) is 0 Å². The van der Waals surface area contributed by atoms with E-state index in [1.807, 2.05) is 60.7 Å². The molecule has 4 aromatic rings. The van der Waals surface area contributed by atoms with Crippen LogP contribution in [0.5, 0.6) is 0 Å². The van der Waals surface area contributed by atoms with Crippen molar-refractivity contribution < 1.29 is 38.4 Å². The fraction of sp³-hybridized carbons (Fsp3) is 0.111. The Kier molecular flexibility index (Phi) is 8.34. The van der Waals surface area contributed by atoms with E-state index in [1.54, 1.807) is 48.5 Å². The number of nitrogens with zero attached hydrogens (tertiary/aromatic N) is 2. The zero-order chi connectivity index (χ0) is 32.2. The Bertz CT molecular complexity index is 1710. The Labute approximate surface area is 263 Å². The summed E-state index contributed by atoms with van der Waals surface area (Å²) >= 11 is 0. The van der Waals surface area contributed by atoms with Gasteiger partial charge in [-0.25, -0.2) is 9.59 Å². The normalized spacial score (nSPS) is 15.2. The Morgan fingerprint density at radius 2 is 0.652 bits per heavy atom. The van der Waals surface area contributed by atoms with Gasteiger partial charge < -0.3 is 9.68 Å². The fourth-order valence-electron chi connectivity index (χ4n) is 5.25. The summed E-state index contributed by atoms with van der Waals surface area (Å²) in [7, 11) is 0. The van der Waals surface area contributed by atoms with Crippen molar-refractivity contribution in [1.29, 1.82) is 0 Å². The monoisotopic (exact) mass is 614 g/mol. The van der Waals surface area contributed by atoms with Crippen molar-refractivity contribution in [2.24, 2.45) is 0 Å². The lowest BCUT2D eigenvalue weighted by molar-refractivity contribution is -0.173. The summed E-state index contributed by atoms with van der Waals surface area (Å²) < 4.78 is 0. The Morgan fingerprint density at radius 1 is 0.391 bits per heavy atom. The van der Waals surface area contributed by atoms with Gasteiger partial charge >= 0.3 is 11.9 Å². The van der Waals surface area contributed by atoms with E-state index in [2.05, 4.69) is 0 Å². The van der Waals surface area contributed by atoms with Crippen LogP contribution in [0.25, 0.3) is 11.1 Å². The first kappa shape index (κ1) is 29.9. The summed E-state index contributed by atoms with van der Waals surface area (Å²) in [6.45, 7) is 0. The molecule has 0 aliphatic carbocycles. The lowest BCUT2D eigenvalue weighted by Gasteiger charge is -2.19. The molecule has 0 aromatic heterocycles. The fourth-order valence-corrected chi connectivity index (χ4v) is 5.25. The maximum absolute atomic E-state index is 12.8.